The van der Waals surface area contributed by atoms with Crippen LogP contribution in [0.1, 0.15) is 25.5 Å². The molecule has 112 valence electrons. The molecule has 4 N–H and O–H groups in total. The molecule has 1 rings (SSSR count). The first-order chi connectivity index (χ1) is 9.27. The van der Waals surface area contributed by atoms with Gasteiger partial charge in [-0.3, -0.25) is 4.79 Å². The number of rotatable bonds is 7. The fraction of sp³-hybridized carbons (Fsp3) is 0.500. The Hall–Kier alpha value is -1.24. The zero-order valence-electron chi connectivity index (χ0n) is 11.9. The number of aliphatic hydroxyl groups is 1. The predicted molar refractivity (Wildman–Crippen MR) is 80.1 cm³/mol. The Bertz CT molecular complexity index is 464. The number of hydrogen-bond donors (Lipinski definition) is 3. The lowest BCUT2D eigenvalue weighted by atomic mass is 10.1. The summed E-state index contributed by atoms with van der Waals surface area (Å²) >= 11 is 1.33. The van der Waals surface area contributed by atoms with Gasteiger partial charge in [-0.2, -0.15) is 11.8 Å². The molecule has 0 saturated carbocycles. The van der Waals surface area contributed by atoms with E-state index in [0.717, 1.165) is 5.56 Å². The van der Waals surface area contributed by atoms with Crippen LogP contribution in [0, 0.1) is 0 Å². The quantitative estimate of drug-likeness (QED) is 0.709. The molecular formula is C14H21NO4S. The van der Waals surface area contributed by atoms with E-state index in [9.17, 15) is 9.90 Å². The van der Waals surface area contributed by atoms with Crippen molar-refractivity contribution in [2.75, 3.05) is 12.9 Å². The maximum atomic E-state index is 10.9. The molecule has 0 spiro atoms. The summed E-state index contributed by atoms with van der Waals surface area (Å²) in [6, 6.07) is 6.18. The maximum absolute atomic E-state index is 10.9. The van der Waals surface area contributed by atoms with Crippen molar-refractivity contribution >= 4 is 17.7 Å². The second-order valence-electron chi connectivity index (χ2n) is 5.02. The van der Waals surface area contributed by atoms with Crippen LogP contribution in [0.2, 0.25) is 0 Å². The van der Waals surface area contributed by atoms with Crippen LogP contribution in [0.25, 0.3) is 0 Å². The Morgan fingerprint density at radius 1 is 1.50 bits per heavy atom. The fourth-order valence-electron chi connectivity index (χ4n) is 1.63. The summed E-state index contributed by atoms with van der Waals surface area (Å²) in [7, 11) is 1.56. The second-order valence-corrected chi connectivity index (χ2v) is 6.70. The van der Waals surface area contributed by atoms with Crippen molar-refractivity contribution in [2.24, 2.45) is 5.73 Å². The van der Waals surface area contributed by atoms with Crippen molar-refractivity contribution in [3.63, 3.8) is 0 Å². The minimum absolute atomic E-state index is 0.362. The monoisotopic (exact) mass is 299 g/mol. The number of nitrogens with two attached hydrogens (primary N) is 1. The molecule has 0 aromatic heterocycles. The topological polar surface area (TPSA) is 92.8 Å². The highest BCUT2D eigenvalue weighted by molar-refractivity contribution is 8.00. The van der Waals surface area contributed by atoms with E-state index in [1.54, 1.807) is 45.2 Å². The number of hydrogen-bond acceptors (Lipinski definition) is 5. The van der Waals surface area contributed by atoms with Crippen molar-refractivity contribution in [1.29, 1.82) is 0 Å². The normalized spacial score (nSPS) is 14.7. The summed E-state index contributed by atoms with van der Waals surface area (Å²) in [6.07, 6.45) is -0.699. The van der Waals surface area contributed by atoms with E-state index in [1.807, 2.05) is 0 Å². The molecule has 0 radical (unpaired) electrons. The van der Waals surface area contributed by atoms with Crippen LogP contribution < -0.4 is 10.5 Å². The van der Waals surface area contributed by atoms with E-state index in [-0.39, 0.29) is 0 Å². The van der Waals surface area contributed by atoms with Crippen molar-refractivity contribution in [3.8, 4) is 5.75 Å². The van der Waals surface area contributed by atoms with Crippen LogP contribution in [0.4, 0.5) is 0 Å². The highest BCUT2D eigenvalue weighted by atomic mass is 32.2. The van der Waals surface area contributed by atoms with Gasteiger partial charge in [-0.1, -0.05) is 12.1 Å². The summed E-state index contributed by atoms with van der Waals surface area (Å²) in [6.45, 7) is 3.52. The zero-order valence-corrected chi connectivity index (χ0v) is 12.7. The predicted octanol–water partition coefficient (Wildman–Crippen LogP) is 1.65. The molecule has 0 saturated heterocycles. The summed E-state index contributed by atoms with van der Waals surface area (Å²) < 4.78 is 4.44. The third-order valence-electron chi connectivity index (χ3n) is 3.11. The van der Waals surface area contributed by atoms with Crippen LogP contribution in [0.15, 0.2) is 24.3 Å². The number of aliphatic carboxylic acids is 1. The van der Waals surface area contributed by atoms with Crippen LogP contribution in [0.5, 0.6) is 5.75 Å². The van der Waals surface area contributed by atoms with Gasteiger partial charge in [0, 0.05) is 10.5 Å². The lowest BCUT2D eigenvalue weighted by Crippen LogP contribution is -2.47. The Morgan fingerprint density at radius 2 is 2.15 bits per heavy atom. The maximum Gasteiger partial charge on any atom is 0.321 e. The summed E-state index contributed by atoms with van der Waals surface area (Å²) in [5.41, 5.74) is 6.38. The number of ether oxygens (including phenoxy) is 1. The van der Waals surface area contributed by atoms with Gasteiger partial charge in [0.1, 0.15) is 11.8 Å². The molecule has 1 aromatic carbocycles. The van der Waals surface area contributed by atoms with Gasteiger partial charge in [-0.25, -0.2) is 0 Å². The van der Waals surface area contributed by atoms with Gasteiger partial charge < -0.3 is 20.7 Å². The van der Waals surface area contributed by atoms with E-state index < -0.39 is 22.9 Å². The first kappa shape index (κ1) is 16.8. The zero-order chi connectivity index (χ0) is 15.3. The summed E-state index contributed by atoms with van der Waals surface area (Å²) in [4.78, 5) is 10.9. The average molecular weight is 299 g/mol. The van der Waals surface area contributed by atoms with Gasteiger partial charge in [0.2, 0.25) is 0 Å². The van der Waals surface area contributed by atoms with E-state index in [2.05, 4.69) is 0 Å². The van der Waals surface area contributed by atoms with Crippen LogP contribution >= 0.6 is 11.8 Å². The van der Waals surface area contributed by atoms with Crippen molar-refractivity contribution in [1.82, 2.24) is 0 Å². The Kier molecular flexibility index (Phi) is 5.86. The third kappa shape index (κ3) is 4.40. The molecule has 1 aromatic rings. The lowest BCUT2D eigenvalue weighted by Gasteiger charge is -2.29. The van der Waals surface area contributed by atoms with Crippen molar-refractivity contribution in [3.05, 3.63) is 29.8 Å². The molecule has 2 atom stereocenters. The number of carbonyl (C=O) groups is 1. The Labute approximate surface area is 123 Å². The van der Waals surface area contributed by atoms with Crippen molar-refractivity contribution in [2.45, 2.75) is 30.7 Å². The molecule has 0 aliphatic carbocycles. The number of thioether (sulfide) groups is 1. The summed E-state index contributed by atoms with van der Waals surface area (Å²) in [5.74, 6) is -0.00681. The molecule has 0 aliphatic rings. The largest absolute Gasteiger partial charge is 0.497 e. The van der Waals surface area contributed by atoms with Crippen LogP contribution in [-0.4, -0.2) is 39.8 Å². The van der Waals surface area contributed by atoms with Gasteiger partial charge in [-0.15, -0.1) is 0 Å². The molecule has 0 aliphatic heterocycles. The minimum Gasteiger partial charge on any atom is -0.497 e. The highest BCUT2D eigenvalue weighted by Crippen LogP contribution is 2.32. The second kappa shape index (κ2) is 6.97. The third-order valence-corrected chi connectivity index (χ3v) is 4.59. The number of aliphatic hydroxyl groups excluding tert-OH is 1. The Balaban J connectivity index is 2.66. The van der Waals surface area contributed by atoms with Gasteiger partial charge in [0.25, 0.3) is 0 Å². The fourth-order valence-corrected chi connectivity index (χ4v) is 2.69. The molecule has 5 nitrogen and oxygen atoms in total. The number of carboxylic acid groups (broad SMARTS) is 1. The number of methoxy groups -OCH3 is 1. The lowest BCUT2D eigenvalue weighted by molar-refractivity contribution is -0.139. The molecule has 0 amide bonds. The molecular weight excluding hydrogens is 278 g/mol. The van der Waals surface area contributed by atoms with Gasteiger partial charge in [-0.05, 0) is 31.5 Å². The van der Waals surface area contributed by atoms with Crippen LogP contribution in [-0.2, 0) is 4.79 Å². The summed E-state index contributed by atoms with van der Waals surface area (Å²) in [5, 5.41) is 19.1. The van der Waals surface area contributed by atoms with E-state index in [1.165, 1.54) is 11.8 Å². The standard InChI is InChI=1S/C14H21NO4S/c1-14(2,12(15)13(17)18)20-8-11(16)9-5-4-6-10(7-9)19-3/h4-7,11-12,16H,8,15H2,1-3H3,(H,17,18)/t11?,12-/m0/s1. The molecule has 0 fully saturated rings. The molecule has 0 heterocycles. The van der Waals surface area contributed by atoms with E-state index in [0.29, 0.717) is 11.5 Å². The smallest absolute Gasteiger partial charge is 0.321 e. The minimum atomic E-state index is -1.04. The number of carboxylic acids is 1. The molecule has 6 heteroatoms. The van der Waals surface area contributed by atoms with Gasteiger partial charge >= 0.3 is 5.97 Å². The first-order valence-electron chi connectivity index (χ1n) is 6.22. The molecule has 0 bridgehead atoms. The van der Waals surface area contributed by atoms with E-state index in [4.69, 9.17) is 15.6 Å². The van der Waals surface area contributed by atoms with E-state index >= 15 is 0 Å². The van der Waals surface area contributed by atoms with Crippen LogP contribution in [0.3, 0.4) is 0 Å². The molecule has 1 unspecified atom stereocenters. The SMILES string of the molecule is COc1cccc(C(O)CSC(C)(C)[C@@H](N)C(=O)O)c1. The first-order valence-corrected chi connectivity index (χ1v) is 7.21. The van der Waals surface area contributed by atoms with Crippen molar-refractivity contribution < 1.29 is 19.7 Å². The molecule has 20 heavy (non-hydrogen) atoms. The van der Waals surface area contributed by atoms with Gasteiger partial charge in [0.15, 0.2) is 0 Å². The number of benzene rings is 1. The average Bonchev–Trinajstić information content (AvgIpc) is 2.43. The Morgan fingerprint density at radius 3 is 2.70 bits per heavy atom. The van der Waals surface area contributed by atoms with Gasteiger partial charge in [0.05, 0.1) is 13.2 Å². The highest BCUT2D eigenvalue weighted by Gasteiger charge is 2.33.